The molecule has 0 saturated heterocycles. The highest BCUT2D eigenvalue weighted by Gasteiger charge is 2.05. The molecular weight excluding hydrogens is 186 g/mol. The summed E-state index contributed by atoms with van der Waals surface area (Å²) in [6.45, 7) is 4.12. The van der Waals surface area contributed by atoms with Crippen molar-refractivity contribution < 1.29 is 15.1 Å². The number of aliphatic hydroxyl groups excluding tert-OH is 1. The third kappa shape index (κ3) is 6.64. The van der Waals surface area contributed by atoms with Crippen molar-refractivity contribution in [3.8, 4) is 0 Å². The van der Waals surface area contributed by atoms with Crippen molar-refractivity contribution >= 4 is 5.84 Å². The van der Waals surface area contributed by atoms with Crippen LogP contribution in [0.3, 0.4) is 0 Å². The number of rotatable bonds is 8. The zero-order valence-corrected chi connectivity index (χ0v) is 8.44. The fourth-order valence-corrected chi connectivity index (χ4v) is 0.833. The Kier molecular flexibility index (Phi) is 8.20. The molecule has 0 aliphatic heterocycles. The molecule has 0 bridgehead atoms. The van der Waals surface area contributed by atoms with E-state index in [0.29, 0.717) is 26.3 Å². The quantitative estimate of drug-likeness (QED) is 0.133. The molecule has 0 rings (SSSR count). The van der Waals surface area contributed by atoms with Gasteiger partial charge in [0.2, 0.25) is 0 Å². The van der Waals surface area contributed by atoms with E-state index in [2.05, 4.69) is 10.5 Å². The van der Waals surface area contributed by atoms with E-state index in [1.165, 1.54) is 0 Å². The van der Waals surface area contributed by atoms with Crippen LogP contribution in [0.1, 0.15) is 6.92 Å². The lowest BCUT2D eigenvalue weighted by molar-refractivity contribution is 0.0938. The van der Waals surface area contributed by atoms with Crippen LogP contribution in [0.2, 0.25) is 0 Å². The molecule has 0 saturated carbocycles. The largest absolute Gasteiger partial charge is 0.409 e. The van der Waals surface area contributed by atoms with Gasteiger partial charge in [0, 0.05) is 19.0 Å². The summed E-state index contributed by atoms with van der Waals surface area (Å²) in [5.74, 6) is 0.214. The van der Waals surface area contributed by atoms with E-state index < -0.39 is 0 Å². The fraction of sp³-hybridized carbons (Fsp3) is 0.875. The van der Waals surface area contributed by atoms with E-state index in [-0.39, 0.29) is 18.4 Å². The minimum atomic E-state index is -0.00200. The molecule has 0 heterocycles. The van der Waals surface area contributed by atoms with Crippen LogP contribution in [0.15, 0.2) is 5.16 Å². The molecule has 0 aliphatic rings. The van der Waals surface area contributed by atoms with Gasteiger partial charge in [0.1, 0.15) is 5.84 Å². The van der Waals surface area contributed by atoms with Crippen LogP contribution in [0.5, 0.6) is 0 Å². The first-order chi connectivity index (χ1) is 6.72. The van der Waals surface area contributed by atoms with E-state index in [4.69, 9.17) is 20.8 Å². The van der Waals surface area contributed by atoms with Gasteiger partial charge in [-0.05, 0) is 0 Å². The van der Waals surface area contributed by atoms with E-state index in [0.717, 1.165) is 0 Å². The zero-order valence-electron chi connectivity index (χ0n) is 8.44. The lowest BCUT2D eigenvalue weighted by atomic mass is 10.1. The Labute approximate surface area is 83.7 Å². The van der Waals surface area contributed by atoms with Gasteiger partial charge in [-0.3, -0.25) is 0 Å². The number of amidine groups is 1. The molecule has 0 amide bonds. The van der Waals surface area contributed by atoms with Crippen molar-refractivity contribution in [1.82, 2.24) is 5.32 Å². The maximum atomic E-state index is 8.41. The number of hydrogen-bond acceptors (Lipinski definition) is 5. The van der Waals surface area contributed by atoms with Gasteiger partial charge in [-0.15, -0.1) is 0 Å². The number of ether oxygens (including phenoxy) is 1. The minimum Gasteiger partial charge on any atom is -0.409 e. The smallest absolute Gasteiger partial charge is 0.143 e. The maximum Gasteiger partial charge on any atom is 0.143 e. The molecule has 84 valence electrons. The molecule has 1 unspecified atom stereocenters. The van der Waals surface area contributed by atoms with E-state index in [9.17, 15) is 0 Å². The van der Waals surface area contributed by atoms with Gasteiger partial charge in [0.25, 0.3) is 0 Å². The van der Waals surface area contributed by atoms with E-state index in [1.54, 1.807) is 0 Å². The lowest BCUT2D eigenvalue weighted by Gasteiger charge is -2.10. The van der Waals surface area contributed by atoms with Crippen molar-refractivity contribution in [2.75, 3.05) is 32.9 Å². The minimum absolute atomic E-state index is 0.00200. The van der Waals surface area contributed by atoms with Crippen LogP contribution >= 0.6 is 0 Å². The SMILES string of the molecule is CC(CNCCOCCO)C(N)=NO. The molecule has 0 aromatic heterocycles. The van der Waals surface area contributed by atoms with Gasteiger partial charge in [-0.2, -0.15) is 0 Å². The van der Waals surface area contributed by atoms with Gasteiger partial charge in [-0.1, -0.05) is 12.1 Å². The summed E-state index contributed by atoms with van der Waals surface area (Å²) in [5.41, 5.74) is 5.37. The highest BCUT2D eigenvalue weighted by atomic mass is 16.5. The summed E-state index contributed by atoms with van der Waals surface area (Å²) in [7, 11) is 0. The highest BCUT2D eigenvalue weighted by molar-refractivity contribution is 5.82. The summed E-state index contributed by atoms with van der Waals surface area (Å²) in [4.78, 5) is 0. The van der Waals surface area contributed by atoms with Crippen LogP contribution < -0.4 is 11.1 Å². The van der Waals surface area contributed by atoms with Crippen molar-refractivity contribution in [3.63, 3.8) is 0 Å². The van der Waals surface area contributed by atoms with Gasteiger partial charge in [0.15, 0.2) is 0 Å². The summed E-state index contributed by atoms with van der Waals surface area (Å²) < 4.78 is 5.03. The number of hydrogen-bond donors (Lipinski definition) is 4. The zero-order chi connectivity index (χ0) is 10.8. The number of nitrogens with one attached hydrogen (secondary N) is 1. The van der Waals surface area contributed by atoms with Crippen LogP contribution in [-0.4, -0.2) is 49.1 Å². The topological polar surface area (TPSA) is 100 Å². The molecule has 0 aromatic carbocycles. The second-order valence-corrected chi connectivity index (χ2v) is 2.97. The number of nitrogens with zero attached hydrogens (tertiary/aromatic N) is 1. The van der Waals surface area contributed by atoms with Crippen LogP contribution in [0, 0.1) is 5.92 Å². The molecule has 0 spiro atoms. The first kappa shape index (κ1) is 13.2. The standard InChI is InChI=1S/C8H19N3O3/c1-7(8(9)11-13)6-10-2-4-14-5-3-12/h7,10,12-13H,2-6H2,1H3,(H2,9,11). The van der Waals surface area contributed by atoms with Crippen LogP contribution in [0.4, 0.5) is 0 Å². The predicted molar refractivity (Wildman–Crippen MR) is 53.3 cm³/mol. The first-order valence-electron chi connectivity index (χ1n) is 4.59. The van der Waals surface area contributed by atoms with Gasteiger partial charge >= 0.3 is 0 Å². The Morgan fingerprint density at radius 2 is 2.29 bits per heavy atom. The second-order valence-electron chi connectivity index (χ2n) is 2.97. The lowest BCUT2D eigenvalue weighted by Crippen LogP contribution is -2.33. The van der Waals surface area contributed by atoms with Crippen molar-refractivity contribution in [1.29, 1.82) is 0 Å². The number of oxime groups is 1. The predicted octanol–water partition coefficient (Wildman–Crippen LogP) is -1.03. The van der Waals surface area contributed by atoms with Crippen molar-refractivity contribution in [3.05, 3.63) is 0 Å². The van der Waals surface area contributed by atoms with Gasteiger partial charge in [-0.25, -0.2) is 0 Å². The second kappa shape index (κ2) is 8.74. The fourth-order valence-electron chi connectivity index (χ4n) is 0.833. The number of aliphatic hydroxyl groups is 1. The monoisotopic (exact) mass is 205 g/mol. The van der Waals surface area contributed by atoms with Gasteiger partial charge < -0.3 is 26.1 Å². The maximum absolute atomic E-state index is 8.41. The summed E-state index contributed by atoms with van der Waals surface area (Å²) >= 11 is 0. The average Bonchev–Trinajstić information content (AvgIpc) is 2.21. The highest BCUT2D eigenvalue weighted by Crippen LogP contribution is 1.91. The van der Waals surface area contributed by atoms with E-state index >= 15 is 0 Å². The molecule has 6 nitrogen and oxygen atoms in total. The molecular formula is C8H19N3O3. The third-order valence-corrected chi connectivity index (χ3v) is 1.73. The first-order valence-corrected chi connectivity index (χ1v) is 4.59. The molecule has 0 aliphatic carbocycles. The molecule has 14 heavy (non-hydrogen) atoms. The summed E-state index contributed by atoms with van der Waals surface area (Å²) in [5, 5.41) is 22.8. The molecule has 6 heteroatoms. The Balaban J connectivity index is 3.27. The Morgan fingerprint density at radius 3 is 2.86 bits per heavy atom. The molecule has 0 aromatic rings. The molecule has 0 fully saturated rings. The Hall–Kier alpha value is -0.850. The average molecular weight is 205 g/mol. The van der Waals surface area contributed by atoms with Crippen molar-refractivity contribution in [2.45, 2.75) is 6.92 Å². The molecule has 5 N–H and O–H groups in total. The summed E-state index contributed by atoms with van der Waals surface area (Å²) in [6, 6.07) is 0. The Bertz CT molecular complexity index is 164. The van der Waals surface area contributed by atoms with Crippen LogP contribution in [-0.2, 0) is 4.74 Å². The van der Waals surface area contributed by atoms with Crippen LogP contribution in [0.25, 0.3) is 0 Å². The summed E-state index contributed by atoms with van der Waals surface area (Å²) in [6.07, 6.45) is 0. The normalized spacial score (nSPS) is 14.3. The third-order valence-electron chi connectivity index (χ3n) is 1.73. The Morgan fingerprint density at radius 1 is 1.57 bits per heavy atom. The number of nitrogens with two attached hydrogens (primary N) is 1. The molecule has 1 atom stereocenters. The van der Waals surface area contributed by atoms with Crippen molar-refractivity contribution in [2.24, 2.45) is 16.8 Å². The van der Waals surface area contributed by atoms with Gasteiger partial charge in [0.05, 0.1) is 19.8 Å². The molecule has 0 radical (unpaired) electrons. The van der Waals surface area contributed by atoms with E-state index in [1.807, 2.05) is 6.92 Å².